The molecule has 0 aromatic heterocycles. The van der Waals surface area contributed by atoms with Gasteiger partial charge in [-0.1, -0.05) is 24.3 Å². The predicted octanol–water partition coefficient (Wildman–Crippen LogP) is 0.367. The minimum atomic E-state index is -1.89. The lowest BCUT2D eigenvalue weighted by Crippen LogP contribution is -2.50. The Morgan fingerprint density at radius 2 is 1.30 bits per heavy atom. The molecule has 2 rings (SSSR count). The second-order valence-corrected chi connectivity index (χ2v) is 7.62. The van der Waals surface area contributed by atoms with E-state index in [0.29, 0.717) is 12.2 Å². The lowest BCUT2D eigenvalue weighted by Gasteiger charge is -2.29. The number of aliphatic hydroxyl groups is 6. The number of hydrogen-bond donors (Lipinski definition) is 6. The van der Waals surface area contributed by atoms with E-state index in [1.165, 1.54) is 0 Å². The smallest absolute Gasteiger partial charge is 0.118 e. The topological polar surface area (TPSA) is 140 Å². The van der Waals surface area contributed by atoms with Crippen LogP contribution >= 0.6 is 0 Å². The van der Waals surface area contributed by atoms with E-state index < -0.39 is 37.1 Å². The zero-order chi connectivity index (χ0) is 24.4. The van der Waals surface area contributed by atoms with Crippen LogP contribution < -0.4 is 9.47 Å². The zero-order valence-electron chi connectivity index (χ0n) is 18.7. The van der Waals surface area contributed by atoms with Crippen LogP contribution in [0.4, 0.5) is 0 Å². The molecule has 0 radical (unpaired) electrons. The summed E-state index contributed by atoms with van der Waals surface area (Å²) in [6.45, 7) is -0.808. The first-order valence-corrected chi connectivity index (χ1v) is 10.5. The van der Waals surface area contributed by atoms with Gasteiger partial charge in [0.2, 0.25) is 0 Å². The number of hydrogen-bond acceptors (Lipinski definition) is 8. The number of ether oxygens (including phenoxy) is 2. The first kappa shape index (κ1) is 26.6. The third-order valence-corrected chi connectivity index (χ3v) is 5.30. The molecule has 8 heteroatoms. The lowest BCUT2D eigenvalue weighted by molar-refractivity contribution is -0.134. The molecule has 0 saturated carbocycles. The van der Waals surface area contributed by atoms with Gasteiger partial charge in [-0.3, -0.25) is 0 Å². The Morgan fingerprint density at radius 3 is 1.79 bits per heavy atom. The Labute approximate surface area is 193 Å². The van der Waals surface area contributed by atoms with E-state index >= 15 is 0 Å². The molecule has 33 heavy (non-hydrogen) atoms. The second-order valence-electron chi connectivity index (χ2n) is 7.62. The molecule has 2 aromatic rings. The normalized spacial score (nSPS) is 15.5. The first-order chi connectivity index (χ1) is 15.8. The van der Waals surface area contributed by atoms with Gasteiger partial charge in [0, 0.05) is 12.0 Å². The molecule has 0 aliphatic carbocycles. The fourth-order valence-corrected chi connectivity index (χ4v) is 3.20. The summed E-state index contributed by atoms with van der Waals surface area (Å²) in [5.74, 6) is 1.39. The van der Waals surface area contributed by atoms with Gasteiger partial charge in [0.15, 0.2) is 0 Å². The highest BCUT2D eigenvalue weighted by Gasteiger charge is 2.35. The predicted molar refractivity (Wildman–Crippen MR) is 122 cm³/mol. The van der Waals surface area contributed by atoms with Gasteiger partial charge in [-0.25, -0.2) is 0 Å². The van der Waals surface area contributed by atoms with Gasteiger partial charge in [0.25, 0.3) is 0 Å². The van der Waals surface area contributed by atoms with Crippen molar-refractivity contribution in [2.45, 2.75) is 43.4 Å². The van der Waals surface area contributed by atoms with E-state index in [-0.39, 0.29) is 12.0 Å². The number of benzene rings is 2. The molecule has 0 saturated heterocycles. The molecule has 8 nitrogen and oxygen atoms in total. The van der Waals surface area contributed by atoms with Crippen molar-refractivity contribution in [1.82, 2.24) is 0 Å². The lowest BCUT2D eigenvalue weighted by atomic mass is 9.92. The fourth-order valence-electron chi connectivity index (χ4n) is 3.20. The molecule has 180 valence electrons. The summed E-state index contributed by atoms with van der Waals surface area (Å²) in [6, 6.07) is 14.5. The molecular weight excluding hydrogens is 428 g/mol. The minimum absolute atomic E-state index is 0.201. The monoisotopic (exact) mass is 460 g/mol. The SMILES string of the molecule is COc1ccc(CC=C=C(Cc2ccc(OC)cc2)C(O)[C@@H](O)[C@@H](O)[C@H](O)[C@@H](O)CO)cc1. The minimum Gasteiger partial charge on any atom is -0.497 e. The highest BCUT2D eigenvalue weighted by atomic mass is 16.5. The molecule has 6 N–H and O–H groups in total. The van der Waals surface area contributed by atoms with E-state index in [9.17, 15) is 25.5 Å². The van der Waals surface area contributed by atoms with Crippen LogP contribution in [0.3, 0.4) is 0 Å². The molecule has 1 unspecified atom stereocenters. The maximum atomic E-state index is 10.8. The van der Waals surface area contributed by atoms with E-state index in [2.05, 4.69) is 5.73 Å². The molecule has 0 heterocycles. The molecular formula is C25H32O8. The summed E-state index contributed by atoms with van der Waals surface area (Å²) in [7, 11) is 3.14. The zero-order valence-corrected chi connectivity index (χ0v) is 18.7. The van der Waals surface area contributed by atoms with Gasteiger partial charge in [0.1, 0.15) is 42.0 Å². The molecule has 2 aromatic carbocycles. The van der Waals surface area contributed by atoms with Gasteiger partial charge in [-0.05, 0) is 47.9 Å². The van der Waals surface area contributed by atoms with Gasteiger partial charge in [-0.2, -0.15) is 0 Å². The maximum Gasteiger partial charge on any atom is 0.118 e. The Kier molecular flexibility index (Phi) is 10.6. The van der Waals surface area contributed by atoms with Crippen molar-refractivity contribution in [2.75, 3.05) is 20.8 Å². The van der Waals surface area contributed by atoms with Crippen molar-refractivity contribution < 1.29 is 40.1 Å². The second kappa shape index (κ2) is 13.1. The van der Waals surface area contributed by atoms with E-state index in [1.54, 1.807) is 44.6 Å². The van der Waals surface area contributed by atoms with Crippen LogP contribution in [0.5, 0.6) is 11.5 Å². The Hall–Kier alpha value is -2.68. The van der Waals surface area contributed by atoms with Gasteiger partial charge < -0.3 is 40.1 Å². The van der Waals surface area contributed by atoms with Crippen LogP contribution in [0.25, 0.3) is 0 Å². The number of methoxy groups -OCH3 is 2. The number of aliphatic hydroxyl groups excluding tert-OH is 6. The van der Waals surface area contributed by atoms with Gasteiger partial charge in [-0.15, -0.1) is 5.73 Å². The summed E-state index contributed by atoms with van der Waals surface area (Å²) in [5, 5.41) is 59.8. The van der Waals surface area contributed by atoms with Crippen LogP contribution in [0.15, 0.2) is 65.9 Å². The van der Waals surface area contributed by atoms with Gasteiger partial charge in [0.05, 0.1) is 20.8 Å². The van der Waals surface area contributed by atoms with Crippen molar-refractivity contribution in [1.29, 1.82) is 0 Å². The molecule has 0 spiro atoms. The molecule has 5 atom stereocenters. The van der Waals surface area contributed by atoms with Crippen molar-refractivity contribution >= 4 is 0 Å². The molecule has 0 aliphatic rings. The highest BCUT2D eigenvalue weighted by molar-refractivity contribution is 5.32. The fraction of sp³-hybridized carbons (Fsp3) is 0.400. The van der Waals surface area contributed by atoms with Crippen LogP contribution in [0, 0.1) is 0 Å². The Balaban J connectivity index is 2.28. The number of rotatable bonds is 12. The van der Waals surface area contributed by atoms with Crippen molar-refractivity contribution in [3.8, 4) is 11.5 Å². The average Bonchev–Trinajstić information content (AvgIpc) is 2.86. The highest BCUT2D eigenvalue weighted by Crippen LogP contribution is 2.20. The maximum absolute atomic E-state index is 10.8. The Bertz CT molecular complexity index is 903. The summed E-state index contributed by atoms with van der Waals surface area (Å²) >= 11 is 0. The molecule has 0 aliphatic heterocycles. The third-order valence-electron chi connectivity index (χ3n) is 5.30. The summed E-state index contributed by atoms with van der Waals surface area (Å²) in [4.78, 5) is 0. The van der Waals surface area contributed by atoms with Crippen molar-refractivity contribution in [3.05, 3.63) is 77.0 Å². The Morgan fingerprint density at radius 1 is 0.788 bits per heavy atom. The van der Waals surface area contributed by atoms with Crippen LogP contribution in [0.2, 0.25) is 0 Å². The van der Waals surface area contributed by atoms with E-state index in [1.807, 2.05) is 24.3 Å². The van der Waals surface area contributed by atoms with Crippen molar-refractivity contribution in [2.24, 2.45) is 0 Å². The van der Waals surface area contributed by atoms with E-state index in [4.69, 9.17) is 14.6 Å². The summed E-state index contributed by atoms with van der Waals surface area (Å²) < 4.78 is 10.3. The molecule has 0 fully saturated rings. The standard InChI is InChI=1S/C25H32O8/c1-32-19-10-6-16(7-11-19)4-3-5-18(14-17-8-12-20(33-2)13-9-17)22(28)24(30)25(31)23(29)21(27)15-26/h3,6-13,21-31H,4,14-15H2,1-2H3/t5?,21-,22?,23+,24+,25-/m0/s1. The largest absolute Gasteiger partial charge is 0.497 e. The summed E-state index contributed by atoms with van der Waals surface area (Å²) in [5.41, 5.74) is 5.05. The molecule has 0 amide bonds. The van der Waals surface area contributed by atoms with Crippen LogP contribution in [-0.4, -0.2) is 82.0 Å². The van der Waals surface area contributed by atoms with Crippen LogP contribution in [0.1, 0.15) is 11.1 Å². The average molecular weight is 461 g/mol. The quantitative estimate of drug-likeness (QED) is 0.250. The molecule has 0 bridgehead atoms. The van der Waals surface area contributed by atoms with Gasteiger partial charge >= 0.3 is 0 Å². The first-order valence-electron chi connectivity index (χ1n) is 10.5. The van der Waals surface area contributed by atoms with Crippen molar-refractivity contribution in [3.63, 3.8) is 0 Å². The van der Waals surface area contributed by atoms with E-state index in [0.717, 1.165) is 16.9 Å². The van der Waals surface area contributed by atoms with Crippen LogP contribution in [-0.2, 0) is 12.8 Å². The summed E-state index contributed by atoms with van der Waals surface area (Å²) in [6.07, 6.45) is -6.42. The third kappa shape index (κ3) is 7.70.